The number of carbonyl (C=O) groups excluding carboxylic acids is 3. The van der Waals surface area contributed by atoms with E-state index in [1.807, 2.05) is 32.0 Å². The van der Waals surface area contributed by atoms with Crippen LogP contribution in [0.4, 0.5) is 5.69 Å². The van der Waals surface area contributed by atoms with Crippen molar-refractivity contribution in [2.45, 2.75) is 58.9 Å². The highest BCUT2D eigenvalue weighted by Crippen LogP contribution is 2.30. The number of nitrogens with one attached hydrogen (secondary N) is 1. The maximum absolute atomic E-state index is 12.4. The Hall–Kier alpha value is -2.37. The van der Waals surface area contributed by atoms with Crippen molar-refractivity contribution in [1.82, 2.24) is 5.32 Å². The zero-order valence-electron chi connectivity index (χ0n) is 17.0. The number of esters is 1. The summed E-state index contributed by atoms with van der Waals surface area (Å²) < 4.78 is 5.22. The zero-order chi connectivity index (χ0) is 20.3. The van der Waals surface area contributed by atoms with Crippen LogP contribution in [0.25, 0.3) is 0 Å². The summed E-state index contributed by atoms with van der Waals surface area (Å²) in [4.78, 5) is 38.6. The lowest BCUT2D eigenvalue weighted by atomic mass is 9.86. The predicted octanol–water partition coefficient (Wildman–Crippen LogP) is 2.89. The third kappa shape index (κ3) is 4.54. The quantitative estimate of drug-likeness (QED) is 0.790. The summed E-state index contributed by atoms with van der Waals surface area (Å²) in [5.74, 6) is -0.910. The van der Waals surface area contributed by atoms with Gasteiger partial charge in [-0.3, -0.25) is 14.4 Å². The average Bonchev–Trinajstić information content (AvgIpc) is 3.05. The molecule has 2 amide bonds. The first kappa shape index (κ1) is 20.4. The zero-order valence-corrected chi connectivity index (χ0v) is 17.0. The smallest absolute Gasteiger partial charge is 0.311 e. The molecular formula is C22H30N2O4. The number of ether oxygens (including phenoxy) is 1. The first-order chi connectivity index (χ1) is 13.4. The van der Waals surface area contributed by atoms with E-state index in [0.29, 0.717) is 12.5 Å². The fraction of sp³-hybridized carbons (Fsp3) is 0.591. The van der Waals surface area contributed by atoms with Crippen molar-refractivity contribution in [3.63, 3.8) is 0 Å². The highest BCUT2D eigenvalue weighted by atomic mass is 16.5. The highest BCUT2D eigenvalue weighted by molar-refractivity contribution is 6.00. The lowest BCUT2D eigenvalue weighted by Crippen LogP contribution is -2.43. The molecule has 0 aromatic heterocycles. The van der Waals surface area contributed by atoms with Gasteiger partial charge in [0.1, 0.15) is 0 Å². The summed E-state index contributed by atoms with van der Waals surface area (Å²) in [6.45, 7) is 6.12. The molecule has 1 aliphatic carbocycles. The summed E-state index contributed by atoms with van der Waals surface area (Å²) in [6.07, 6.45) is 4.53. The molecule has 1 N–H and O–H groups in total. The number of rotatable bonds is 5. The Labute approximate surface area is 166 Å². The van der Waals surface area contributed by atoms with Crippen LogP contribution < -0.4 is 10.2 Å². The van der Waals surface area contributed by atoms with Crippen molar-refractivity contribution >= 4 is 23.5 Å². The standard InChI is InChI=1S/C22H30N2O4/c1-14-8-6-10-19(16(14)3)24-12-17(11-21(24)26)22(27)28-13-20(25)23-18-9-5-4-7-15(18)2/h6,8,10,15,17-18H,4-5,7,9,11-13H2,1-3H3,(H,23,25)/t15-,17+,18+/m0/s1. The Bertz CT molecular complexity index is 761. The number of benzene rings is 1. The molecule has 0 bridgehead atoms. The van der Waals surface area contributed by atoms with Crippen molar-refractivity contribution in [2.75, 3.05) is 18.1 Å². The molecule has 152 valence electrons. The second-order valence-electron chi connectivity index (χ2n) is 8.17. The molecule has 1 heterocycles. The number of anilines is 1. The van der Waals surface area contributed by atoms with E-state index in [1.165, 1.54) is 6.42 Å². The number of hydrogen-bond donors (Lipinski definition) is 1. The van der Waals surface area contributed by atoms with Gasteiger partial charge < -0.3 is 15.0 Å². The topological polar surface area (TPSA) is 75.7 Å². The largest absolute Gasteiger partial charge is 0.455 e. The van der Waals surface area contributed by atoms with Crippen LogP contribution in [-0.4, -0.2) is 37.0 Å². The van der Waals surface area contributed by atoms with Crippen LogP contribution in [-0.2, 0) is 19.1 Å². The normalized spacial score (nSPS) is 24.9. The van der Waals surface area contributed by atoms with E-state index in [-0.39, 0.29) is 30.9 Å². The lowest BCUT2D eigenvalue weighted by Gasteiger charge is -2.29. The van der Waals surface area contributed by atoms with Gasteiger partial charge in [0.05, 0.1) is 5.92 Å². The van der Waals surface area contributed by atoms with E-state index in [9.17, 15) is 14.4 Å². The van der Waals surface area contributed by atoms with Gasteiger partial charge in [-0.05, 0) is 49.8 Å². The van der Waals surface area contributed by atoms with Crippen LogP contribution in [0, 0.1) is 25.7 Å². The molecule has 1 aromatic rings. The molecule has 2 fully saturated rings. The molecule has 0 radical (unpaired) electrons. The van der Waals surface area contributed by atoms with E-state index in [2.05, 4.69) is 12.2 Å². The molecule has 3 rings (SSSR count). The molecule has 3 atom stereocenters. The summed E-state index contributed by atoms with van der Waals surface area (Å²) in [6, 6.07) is 5.96. The number of nitrogens with zero attached hydrogens (tertiary/aromatic N) is 1. The van der Waals surface area contributed by atoms with Crippen LogP contribution in [0.3, 0.4) is 0 Å². The molecule has 1 aromatic carbocycles. The first-order valence-corrected chi connectivity index (χ1v) is 10.2. The van der Waals surface area contributed by atoms with Gasteiger partial charge in [-0.1, -0.05) is 31.9 Å². The molecule has 2 aliphatic rings. The van der Waals surface area contributed by atoms with E-state index in [0.717, 1.165) is 36.1 Å². The lowest BCUT2D eigenvalue weighted by molar-refractivity contribution is -0.152. The second-order valence-corrected chi connectivity index (χ2v) is 8.17. The van der Waals surface area contributed by atoms with Gasteiger partial charge in [0.15, 0.2) is 6.61 Å². The molecule has 1 saturated heterocycles. The highest BCUT2D eigenvalue weighted by Gasteiger charge is 2.37. The second kappa shape index (κ2) is 8.76. The molecule has 0 unspecified atom stereocenters. The molecule has 28 heavy (non-hydrogen) atoms. The molecule has 6 nitrogen and oxygen atoms in total. The third-order valence-electron chi connectivity index (χ3n) is 6.13. The van der Waals surface area contributed by atoms with Crippen LogP contribution in [0.2, 0.25) is 0 Å². The Morgan fingerprint density at radius 1 is 1.21 bits per heavy atom. The maximum atomic E-state index is 12.4. The minimum Gasteiger partial charge on any atom is -0.455 e. The average molecular weight is 386 g/mol. The van der Waals surface area contributed by atoms with E-state index in [4.69, 9.17) is 4.74 Å². The van der Waals surface area contributed by atoms with Crippen molar-refractivity contribution in [1.29, 1.82) is 0 Å². The number of carbonyl (C=O) groups is 3. The molecule has 1 saturated carbocycles. The van der Waals surface area contributed by atoms with Crippen LogP contribution in [0.15, 0.2) is 18.2 Å². The van der Waals surface area contributed by atoms with Gasteiger partial charge in [0.2, 0.25) is 5.91 Å². The van der Waals surface area contributed by atoms with Gasteiger partial charge in [-0.15, -0.1) is 0 Å². The monoisotopic (exact) mass is 386 g/mol. The van der Waals surface area contributed by atoms with Gasteiger partial charge in [-0.2, -0.15) is 0 Å². The summed E-state index contributed by atoms with van der Waals surface area (Å²) in [7, 11) is 0. The third-order valence-corrected chi connectivity index (χ3v) is 6.13. The van der Waals surface area contributed by atoms with Crippen molar-refractivity contribution in [3.05, 3.63) is 29.3 Å². The van der Waals surface area contributed by atoms with E-state index < -0.39 is 11.9 Å². The SMILES string of the molecule is Cc1cccc(N2C[C@H](C(=O)OCC(=O)N[C@@H]3CCCC[C@@H]3C)CC2=O)c1C. The summed E-state index contributed by atoms with van der Waals surface area (Å²) >= 11 is 0. The number of aryl methyl sites for hydroxylation is 1. The summed E-state index contributed by atoms with van der Waals surface area (Å²) in [5, 5.41) is 2.98. The maximum Gasteiger partial charge on any atom is 0.311 e. The van der Waals surface area contributed by atoms with Gasteiger partial charge in [0, 0.05) is 24.7 Å². The van der Waals surface area contributed by atoms with Crippen molar-refractivity contribution in [2.24, 2.45) is 11.8 Å². The fourth-order valence-electron chi connectivity index (χ4n) is 4.16. The Morgan fingerprint density at radius 2 is 1.96 bits per heavy atom. The predicted molar refractivity (Wildman–Crippen MR) is 107 cm³/mol. The van der Waals surface area contributed by atoms with Crippen molar-refractivity contribution < 1.29 is 19.1 Å². The van der Waals surface area contributed by atoms with Crippen LogP contribution >= 0.6 is 0 Å². The minimum absolute atomic E-state index is 0.0869. The molecule has 1 aliphatic heterocycles. The molecular weight excluding hydrogens is 356 g/mol. The Morgan fingerprint density at radius 3 is 2.71 bits per heavy atom. The van der Waals surface area contributed by atoms with Gasteiger partial charge >= 0.3 is 5.97 Å². The number of amides is 2. The molecule has 6 heteroatoms. The van der Waals surface area contributed by atoms with E-state index >= 15 is 0 Å². The van der Waals surface area contributed by atoms with E-state index in [1.54, 1.807) is 4.90 Å². The Balaban J connectivity index is 1.52. The first-order valence-electron chi connectivity index (χ1n) is 10.2. The fourth-order valence-corrected chi connectivity index (χ4v) is 4.16. The van der Waals surface area contributed by atoms with Gasteiger partial charge in [-0.25, -0.2) is 0 Å². The van der Waals surface area contributed by atoms with Crippen LogP contribution in [0.1, 0.15) is 50.2 Å². The Kier molecular flexibility index (Phi) is 6.37. The minimum atomic E-state index is -0.534. The van der Waals surface area contributed by atoms with Crippen LogP contribution in [0.5, 0.6) is 0 Å². The molecule has 0 spiro atoms. The number of hydrogen-bond acceptors (Lipinski definition) is 4. The van der Waals surface area contributed by atoms with Crippen molar-refractivity contribution in [3.8, 4) is 0 Å². The van der Waals surface area contributed by atoms with Gasteiger partial charge in [0.25, 0.3) is 5.91 Å². The summed E-state index contributed by atoms with van der Waals surface area (Å²) in [5.41, 5.74) is 2.97.